The summed E-state index contributed by atoms with van der Waals surface area (Å²) < 4.78 is 0. The zero-order valence-corrected chi connectivity index (χ0v) is 8.41. The summed E-state index contributed by atoms with van der Waals surface area (Å²) in [6.45, 7) is 4.00. The predicted molar refractivity (Wildman–Crippen MR) is 52.7 cm³/mol. The molecule has 0 saturated carbocycles. The van der Waals surface area contributed by atoms with Crippen LogP contribution in [0.15, 0.2) is 11.4 Å². The minimum absolute atomic E-state index is 0.398. The molecule has 1 heterocycles. The maximum absolute atomic E-state index is 10.9. The van der Waals surface area contributed by atoms with E-state index in [-0.39, 0.29) is 0 Å². The van der Waals surface area contributed by atoms with Gasteiger partial charge in [0.25, 0.3) is 0 Å². The van der Waals surface area contributed by atoms with Gasteiger partial charge < -0.3 is 0 Å². The van der Waals surface area contributed by atoms with Crippen molar-refractivity contribution < 1.29 is 4.79 Å². The van der Waals surface area contributed by atoms with Crippen molar-refractivity contribution >= 4 is 17.1 Å². The highest BCUT2D eigenvalue weighted by Crippen LogP contribution is 2.23. The summed E-state index contributed by atoms with van der Waals surface area (Å²) >= 11 is 1.71. The molecule has 0 saturated heterocycles. The molecular formula is C10H14OS. The van der Waals surface area contributed by atoms with Crippen molar-refractivity contribution in [2.24, 2.45) is 0 Å². The molecule has 0 N–H and O–H groups in total. The van der Waals surface area contributed by atoms with E-state index in [1.807, 2.05) is 13.8 Å². The van der Waals surface area contributed by atoms with Crippen LogP contribution < -0.4 is 0 Å². The van der Waals surface area contributed by atoms with E-state index in [2.05, 4.69) is 11.4 Å². The summed E-state index contributed by atoms with van der Waals surface area (Å²) in [7, 11) is 0. The fraction of sp³-hybridized carbons (Fsp3) is 0.500. The van der Waals surface area contributed by atoms with E-state index in [0.29, 0.717) is 12.2 Å². The maximum Gasteiger partial charge on any atom is 0.138 e. The van der Waals surface area contributed by atoms with Crippen LogP contribution in [-0.2, 0) is 17.6 Å². The first-order valence-corrected chi connectivity index (χ1v) is 5.31. The third-order valence-electron chi connectivity index (χ3n) is 1.87. The van der Waals surface area contributed by atoms with Gasteiger partial charge in [-0.05, 0) is 23.4 Å². The zero-order chi connectivity index (χ0) is 8.97. The van der Waals surface area contributed by atoms with Gasteiger partial charge in [-0.15, -0.1) is 11.3 Å². The van der Waals surface area contributed by atoms with Crippen molar-refractivity contribution in [3.8, 4) is 0 Å². The standard InChI is InChI=1S/C8H8OS.C2H6/c9-7-2-1-6-3-4-10-8(6)5-7;1-2/h3-4H,1-2,5H2;1-2H3. The van der Waals surface area contributed by atoms with Crippen LogP contribution in [0.4, 0.5) is 0 Å². The van der Waals surface area contributed by atoms with E-state index in [0.717, 1.165) is 12.8 Å². The molecule has 0 spiro atoms. The van der Waals surface area contributed by atoms with E-state index >= 15 is 0 Å². The summed E-state index contributed by atoms with van der Waals surface area (Å²) in [5, 5.41) is 2.07. The lowest BCUT2D eigenvalue weighted by molar-refractivity contribution is -0.118. The van der Waals surface area contributed by atoms with Crippen LogP contribution in [0.25, 0.3) is 0 Å². The molecule has 0 bridgehead atoms. The number of carbonyl (C=O) groups excluding carboxylic acids is 1. The molecule has 1 aromatic rings. The predicted octanol–water partition coefficient (Wildman–Crippen LogP) is 2.83. The molecule has 0 aromatic carbocycles. The second-order valence-electron chi connectivity index (χ2n) is 2.58. The molecule has 0 unspecified atom stereocenters. The molecule has 66 valence electrons. The lowest BCUT2D eigenvalue weighted by Crippen LogP contribution is -2.10. The van der Waals surface area contributed by atoms with Crippen LogP contribution in [0.5, 0.6) is 0 Å². The van der Waals surface area contributed by atoms with Crippen molar-refractivity contribution in [1.29, 1.82) is 0 Å². The molecule has 0 radical (unpaired) electrons. The molecule has 12 heavy (non-hydrogen) atoms. The third-order valence-corrected chi connectivity index (χ3v) is 2.83. The van der Waals surface area contributed by atoms with Gasteiger partial charge in [0.1, 0.15) is 5.78 Å². The number of thiophene rings is 1. The number of aryl methyl sites for hydroxylation is 1. The molecule has 2 heteroatoms. The molecule has 0 amide bonds. The number of fused-ring (bicyclic) bond motifs is 1. The van der Waals surface area contributed by atoms with E-state index in [4.69, 9.17) is 0 Å². The van der Waals surface area contributed by atoms with Crippen molar-refractivity contribution in [2.75, 3.05) is 0 Å². The van der Waals surface area contributed by atoms with Gasteiger partial charge in [-0.25, -0.2) is 0 Å². The van der Waals surface area contributed by atoms with Crippen molar-refractivity contribution in [3.63, 3.8) is 0 Å². The van der Waals surface area contributed by atoms with Crippen LogP contribution in [-0.4, -0.2) is 5.78 Å². The molecule has 0 fully saturated rings. The quantitative estimate of drug-likeness (QED) is 0.603. The molecule has 0 atom stereocenters. The average Bonchev–Trinajstić information content (AvgIpc) is 2.54. The molecule has 1 aliphatic carbocycles. The average molecular weight is 182 g/mol. The van der Waals surface area contributed by atoms with Crippen LogP contribution in [0.2, 0.25) is 0 Å². The Hall–Kier alpha value is -0.630. The van der Waals surface area contributed by atoms with E-state index in [9.17, 15) is 4.79 Å². The summed E-state index contributed by atoms with van der Waals surface area (Å²) in [5.74, 6) is 0.398. The zero-order valence-electron chi connectivity index (χ0n) is 7.59. The maximum atomic E-state index is 10.9. The Morgan fingerprint density at radius 1 is 1.33 bits per heavy atom. The summed E-state index contributed by atoms with van der Waals surface area (Å²) in [6.07, 6.45) is 2.41. The second-order valence-corrected chi connectivity index (χ2v) is 3.59. The fourth-order valence-electron chi connectivity index (χ4n) is 1.29. The molecule has 1 nitrogen and oxygen atoms in total. The number of hydrogen-bond acceptors (Lipinski definition) is 2. The smallest absolute Gasteiger partial charge is 0.138 e. The van der Waals surface area contributed by atoms with Gasteiger partial charge in [0, 0.05) is 17.7 Å². The largest absolute Gasteiger partial charge is 0.299 e. The number of Topliss-reactive ketones (excluding diaryl/α,β-unsaturated/α-hetero) is 1. The normalized spacial score (nSPS) is 14.7. The fourth-order valence-corrected chi connectivity index (χ4v) is 2.25. The molecule has 2 rings (SSSR count). The third kappa shape index (κ3) is 1.95. The molecule has 1 aromatic heterocycles. The first-order chi connectivity index (χ1) is 5.86. The number of ketones is 1. The molecular weight excluding hydrogens is 168 g/mol. The highest BCUT2D eigenvalue weighted by Gasteiger charge is 2.15. The van der Waals surface area contributed by atoms with Crippen LogP contribution in [0.3, 0.4) is 0 Å². The van der Waals surface area contributed by atoms with Gasteiger partial charge in [-0.3, -0.25) is 4.79 Å². The van der Waals surface area contributed by atoms with Gasteiger partial charge >= 0.3 is 0 Å². The molecule has 1 aliphatic rings. The van der Waals surface area contributed by atoms with Gasteiger partial charge in [-0.2, -0.15) is 0 Å². The first-order valence-electron chi connectivity index (χ1n) is 4.43. The number of carbonyl (C=O) groups is 1. The highest BCUT2D eigenvalue weighted by molar-refractivity contribution is 7.10. The second kappa shape index (κ2) is 4.41. The van der Waals surface area contributed by atoms with Crippen LogP contribution in [0.1, 0.15) is 30.7 Å². The highest BCUT2D eigenvalue weighted by atomic mass is 32.1. The van der Waals surface area contributed by atoms with Gasteiger partial charge in [-0.1, -0.05) is 13.8 Å². The summed E-state index contributed by atoms with van der Waals surface area (Å²) in [5.41, 5.74) is 1.39. The Labute approximate surface area is 77.4 Å². The number of hydrogen-bond donors (Lipinski definition) is 0. The summed E-state index contributed by atoms with van der Waals surface area (Å²) in [6, 6.07) is 2.13. The SMILES string of the molecule is CC.O=C1CCc2ccsc2C1. The van der Waals surface area contributed by atoms with Crippen molar-refractivity contribution in [1.82, 2.24) is 0 Å². The summed E-state index contributed by atoms with van der Waals surface area (Å²) in [4.78, 5) is 12.2. The Bertz CT molecular complexity index is 263. The topological polar surface area (TPSA) is 17.1 Å². The lowest BCUT2D eigenvalue weighted by Gasteiger charge is -2.08. The van der Waals surface area contributed by atoms with E-state index in [1.165, 1.54) is 10.4 Å². The van der Waals surface area contributed by atoms with Crippen LogP contribution in [0, 0.1) is 0 Å². The van der Waals surface area contributed by atoms with Gasteiger partial charge in [0.05, 0.1) is 0 Å². The molecule has 0 aliphatic heterocycles. The van der Waals surface area contributed by atoms with Gasteiger partial charge in [0.15, 0.2) is 0 Å². The minimum atomic E-state index is 0.398. The van der Waals surface area contributed by atoms with Crippen LogP contribution >= 0.6 is 11.3 Å². The first kappa shape index (κ1) is 9.46. The Morgan fingerprint density at radius 3 is 2.83 bits per heavy atom. The lowest BCUT2D eigenvalue weighted by atomic mass is 9.99. The Balaban J connectivity index is 0.000000336. The van der Waals surface area contributed by atoms with Crippen molar-refractivity contribution in [2.45, 2.75) is 33.1 Å². The Morgan fingerprint density at radius 2 is 2.08 bits per heavy atom. The monoisotopic (exact) mass is 182 g/mol. The Kier molecular flexibility index (Phi) is 3.48. The minimum Gasteiger partial charge on any atom is -0.299 e. The van der Waals surface area contributed by atoms with E-state index in [1.54, 1.807) is 11.3 Å². The number of rotatable bonds is 0. The van der Waals surface area contributed by atoms with Gasteiger partial charge in [0.2, 0.25) is 0 Å². The van der Waals surface area contributed by atoms with Crippen molar-refractivity contribution in [3.05, 3.63) is 21.9 Å². The van der Waals surface area contributed by atoms with E-state index < -0.39 is 0 Å².